The molecule has 0 saturated heterocycles. The van der Waals surface area contributed by atoms with Crippen LogP contribution in [0, 0.1) is 6.92 Å². The summed E-state index contributed by atoms with van der Waals surface area (Å²) in [5.41, 5.74) is 14.4. The lowest BCUT2D eigenvalue weighted by molar-refractivity contribution is -0.145. The largest absolute Gasteiger partial charge is 0.494 e. The number of nitrogens with one attached hydrogen (secondary N) is 3. The molecule has 0 aliphatic carbocycles. The summed E-state index contributed by atoms with van der Waals surface area (Å²) in [7, 11) is 7.22. The molecule has 3 heterocycles. The van der Waals surface area contributed by atoms with E-state index >= 15 is 0 Å². The van der Waals surface area contributed by atoms with Crippen molar-refractivity contribution in [2.75, 3.05) is 65.7 Å². The third kappa shape index (κ3) is 12.7. The number of primary amides is 2. The normalized spacial score (nSPS) is 11.7. The summed E-state index contributed by atoms with van der Waals surface area (Å²) in [5, 5.41) is 12.9. The summed E-state index contributed by atoms with van der Waals surface area (Å²) >= 11 is 0. The van der Waals surface area contributed by atoms with Gasteiger partial charge in [-0.1, -0.05) is 12.2 Å². The standard InChI is InChI=1S/C46H57N13O11/c1-8-59-33(21-27(2)54-59)43(66)53-46-52-30-22-28(41(47)64)24-34(68-6)39(30)58(46)17-10-9-16-57-40-31(51-45(57)49-3)23-29(42(48)65)25-35(40)70-20-12-15-56(5)44(67)32(26-38(63)69-7)50-36(61)14-18-55(4)37(62)13-11-19-60/h9-11,13,19,21-25,32H,8,12,14-18,20,26H2,1-7H3,(H2,47,64)(H2,48,65)(H,49,51)(H,50,61)(H,52,53,66)/b10-9+,13-11-. The Morgan fingerprint density at radius 1 is 0.843 bits per heavy atom. The Kier molecular flexibility index (Phi) is 17.9. The number of amides is 6. The first kappa shape index (κ1) is 52.4. The van der Waals surface area contributed by atoms with Crippen LogP contribution in [-0.2, 0) is 48.3 Å². The number of aromatic nitrogens is 6. The lowest BCUT2D eigenvalue weighted by Crippen LogP contribution is -2.49. The number of rotatable bonds is 25. The van der Waals surface area contributed by atoms with Crippen LogP contribution in [0.1, 0.15) is 63.1 Å². The van der Waals surface area contributed by atoms with Gasteiger partial charge in [0, 0.05) is 77.5 Å². The number of ether oxygens (including phenoxy) is 3. The maximum atomic E-state index is 13.6. The molecule has 1 unspecified atom stereocenters. The monoisotopic (exact) mass is 967 g/mol. The summed E-state index contributed by atoms with van der Waals surface area (Å²) < 4.78 is 21.8. The van der Waals surface area contributed by atoms with Gasteiger partial charge in [0.05, 0.1) is 44.0 Å². The Morgan fingerprint density at radius 2 is 1.46 bits per heavy atom. The van der Waals surface area contributed by atoms with Crippen molar-refractivity contribution in [2.24, 2.45) is 11.5 Å². The van der Waals surface area contributed by atoms with Crippen molar-refractivity contribution in [3.8, 4) is 11.5 Å². The summed E-state index contributed by atoms with van der Waals surface area (Å²) in [6.07, 6.45) is 5.84. The molecule has 0 fully saturated rings. The van der Waals surface area contributed by atoms with Gasteiger partial charge in [-0.2, -0.15) is 5.10 Å². The van der Waals surface area contributed by atoms with Crippen LogP contribution < -0.4 is 36.9 Å². The van der Waals surface area contributed by atoms with Gasteiger partial charge < -0.3 is 55.2 Å². The van der Waals surface area contributed by atoms with Crippen molar-refractivity contribution in [1.29, 1.82) is 0 Å². The summed E-state index contributed by atoms with van der Waals surface area (Å²) in [4.78, 5) is 111. The number of imidazole rings is 2. The van der Waals surface area contributed by atoms with Crippen molar-refractivity contribution in [3.63, 3.8) is 0 Å². The van der Waals surface area contributed by atoms with Gasteiger partial charge >= 0.3 is 5.97 Å². The smallest absolute Gasteiger partial charge is 0.308 e. The number of fused-ring (bicyclic) bond motifs is 2. The van der Waals surface area contributed by atoms with E-state index in [1.165, 1.54) is 49.2 Å². The molecular weight excluding hydrogens is 911 g/mol. The van der Waals surface area contributed by atoms with E-state index in [4.69, 9.17) is 25.7 Å². The summed E-state index contributed by atoms with van der Waals surface area (Å²) in [6.45, 7) is 4.63. The van der Waals surface area contributed by atoms with Crippen LogP contribution in [-0.4, -0.2) is 147 Å². The zero-order valence-electron chi connectivity index (χ0n) is 39.9. The van der Waals surface area contributed by atoms with E-state index in [2.05, 4.69) is 31.0 Å². The Labute approximate surface area is 401 Å². The zero-order chi connectivity index (χ0) is 51.2. The van der Waals surface area contributed by atoms with E-state index in [1.54, 1.807) is 35.4 Å². The maximum absolute atomic E-state index is 13.6. The van der Waals surface area contributed by atoms with Crippen LogP contribution in [0.15, 0.2) is 54.6 Å². The van der Waals surface area contributed by atoms with Crippen molar-refractivity contribution in [2.45, 2.75) is 58.8 Å². The minimum Gasteiger partial charge on any atom is -0.494 e. The first-order chi connectivity index (χ1) is 33.4. The molecular formula is C46H57N13O11. The van der Waals surface area contributed by atoms with Crippen molar-refractivity contribution < 1.29 is 52.6 Å². The third-order valence-electron chi connectivity index (χ3n) is 10.9. The van der Waals surface area contributed by atoms with Gasteiger partial charge in [-0.05, 0) is 56.7 Å². The predicted molar refractivity (Wildman–Crippen MR) is 256 cm³/mol. The highest BCUT2D eigenvalue weighted by Gasteiger charge is 2.28. The maximum Gasteiger partial charge on any atom is 0.308 e. The van der Waals surface area contributed by atoms with Gasteiger partial charge in [0.1, 0.15) is 40.6 Å². The first-order valence-corrected chi connectivity index (χ1v) is 22.0. The van der Waals surface area contributed by atoms with Crippen LogP contribution in [0.5, 0.6) is 11.5 Å². The minimum absolute atomic E-state index is 0.0229. The highest BCUT2D eigenvalue weighted by atomic mass is 16.5. The Hall–Kier alpha value is -8.57. The van der Waals surface area contributed by atoms with Gasteiger partial charge in [-0.25, -0.2) is 9.97 Å². The molecule has 372 valence electrons. The fourth-order valence-electron chi connectivity index (χ4n) is 7.35. The molecule has 5 aromatic rings. The Bertz CT molecular complexity index is 2860. The zero-order valence-corrected chi connectivity index (χ0v) is 39.9. The number of hydrogen-bond donors (Lipinski definition) is 5. The molecule has 3 aromatic heterocycles. The van der Waals surface area contributed by atoms with E-state index in [-0.39, 0.29) is 68.5 Å². The molecule has 24 heteroatoms. The lowest BCUT2D eigenvalue weighted by Gasteiger charge is -2.24. The molecule has 0 aliphatic heterocycles. The molecule has 0 spiro atoms. The van der Waals surface area contributed by atoms with E-state index in [0.29, 0.717) is 58.0 Å². The number of methoxy groups -OCH3 is 2. The van der Waals surface area contributed by atoms with Crippen molar-refractivity contribution in [1.82, 2.24) is 44.0 Å². The predicted octanol–water partition coefficient (Wildman–Crippen LogP) is 1.55. The van der Waals surface area contributed by atoms with Gasteiger partial charge in [0.25, 0.3) is 5.91 Å². The quantitative estimate of drug-likeness (QED) is 0.0182. The summed E-state index contributed by atoms with van der Waals surface area (Å²) in [5.74, 6) is -3.10. The average Bonchev–Trinajstić information content (AvgIpc) is 4.03. The SMILES string of the molecule is CCn1nc(C)cc1C(=O)Nc1nc2cc(C(N)=O)cc(OC)c2n1C/C=C/Cn1c(NC)nc2cc(C(N)=O)cc(OCCCN(C)C(=O)C(CC(=O)OC)NC(=O)CCN(C)C(=O)/C=C\C=O)c21. The van der Waals surface area contributed by atoms with Crippen molar-refractivity contribution >= 4 is 81.7 Å². The van der Waals surface area contributed by atoms with Crippen LogP contribution in [0.25, 0.3) is 22.1 Å². The van der Waals surface area contributed by atoms with Crippen LogP contribution in [0.2, 0.25) is 0 Å². The van der Waals surface area contributed by atoms with E-state index < -0.39 is 53.9 Å². The molecule has 1 atom stereocenters. The first-order valence-electron chi connectivity index (χ1n) is 22.0. The third-order valence-corrected chi connectivity index (χ3v) is 10.9. The molecule has 24 nitrogen and oxygen atoms in total. The number of carbonyl (C=O) groups is 8. The minimum atomic E-state index is -1.27. The van der Waals surface area contributed by atoms with Gasteiger partial charge in [-0.15, -0.1) is 0 Å². The molecule has 0 radical (unpaired) electrons. The second-order valence-corrected chi connectivity index (χ2v) is 15.7. The molecule has 70 heavy (non-hydrogen) atoms. The van der Waals surface area contributed by atoms with E-state index in [9.17, 15) is 38.4 Å². The number of likely N-dealkylation sites (N-methyl/N-ethyl adjacent to an activating group) is 2. The highest BCUT2D eigenvalue weighted by Crippen LogP contribution is 2.33. The van der Waals surface area contributed by atoms with Crippen molar-refractivity contribution in [3.05, 3.63) is 77.2 Å². The van der Waals surface area contributed by atoms with Crippen LogP contribution in [0.3, 0.4) is 0 Å². The molecule has 5 rings (SSSR count). The van der Waals surface area contributed by atoms with E-state index in [1.807, 2.05) is 23.6 Å². The molecule has 0 bridgehead atoms. The average molecular weight is 968 g/mol. The fourth-order valence-corrected chi connectivity index (χ4v) is 7.35. The Morgan fingerprint density at radius 3 is 2.04 bits per heavy atom. The van der Waals surface area contributed by atoms with Crippen LogP contribution >= 0.6 is 0 Å². The number of anilines is 2. The molecule has 7 N–H and O–H groups in total. The number of aryl methyl sites for hydroxylation is 2. The number of aldehydes is 1. The molecule has 0 aliphatic rings. The lowest BCUT2D eigenvalue weighted by atomic mass is 10.1. The number of carbonyl (C=O) groups excluding carboxylic acids is 8. The number of allylic oxidation sites excluding steroid dienone is 3. The number of benzene rings is 2. The number of hydrogen-bond acceptors (Lipinski definition) is 15. The van der Waals surface area contributed by atoms with Crippen LogP contribution in [0.4, 0.5) is 11.9 Å². The topological polar surface area (TPSA) is 312 Å². The second-order valence-electron chi connectivity index (χ2n) is 15.7. The van der Waals surface area contributed by atoms with Gasteiger partial charge in [-0.3, -0.25) is 48.4 Å². The number of esters is 1. The number of nitrogens with zero attached hydrogens (tertiary/aromatic N) is 8. The number of nitrogens with two attached hydrogens (primary N) is 2. The Balaban J connectivity index is 1.35. The van der Waals surface area contributed by atoms with E-state index in [0.717, 1.165) is 19.3 Å². The van der Waals surface area contributed by atoms with Gasteiger partial charge in [0.2, 0.25) is 41.4 Å². The molecule has 2 aromatic carbocycles. The second kappa shape index (κ2) is 23.9. The molecule has 0 saturated carbocycles. The molecule has 6 amide bonds. The van der Waals surface area contributed by atoms with Gasteiger partial charge in [0.15, 0.2) is 0 Å². The highest BCUT2D eigenvalue weighted by molar-refractivity contribution is 6.04. The fraction of sp³-hybridized carbons (Fsp3) is 0.370. The summed E-state index contributed by atoms with van der Waals surface area (Å²) in [6, 6.07) is 6.45.